The zero-order valence-electron chi connectivity index (χ0n) is 20.0. The molecule has 2 aromatic rings. The Morgan fingerprint density at radius 1 is 0.647 bits per heavy atom. The summed E-state index contributed by atoms with van der Waals surface area (Å²) in [5.74, 6) is 0. The average Bonchev–Trinajstić information content (AvgIpc) is 3.03. The molecule has 2 aromatic carbocycles. The fraction of sp³-hybridized carbons (Fsp3) is 0.462. The number of cyclic esters (lactones) is 2. The van der Waals surface area contributed by atoms with E-state index in [0.717, 1.165) is 11.1 Å². The molecule has 2 N–H and O–H groups in total. The van der Waals surface area contributed by atoms with Crippen molar-refractivity contribution in [2.45, 2.75) is 63.2 Å². The van der Waals surface area contributed by atoms with Crippen LogP contribution >= 0.6 is 0 Å². The third-order valence-corrected chi connectivity index (χ3v) is 7.44. The Labute approximate surface area is 199 Å². The van der Waals surface area contributed by atoms with E-state index in [1.807, 2.05) is 60.7 Å². The Morgan fingerprint density at radius 2 is 0.971 bits per heavy atom. The molecule has 8 nitrogen and oxygen atoms in total. The lowest BCUT2D eigenvalue weighted by atomic mass is 9.86. The molecule has 2 aliphatic rings. The maximum absolute atomic E-state index is 12.8. The Hall–Kier alpha value is -3.10. The molecule has 2 amide bonds. The van der Waals surface area contributed by atoms with Gasteiger partial charge >= 0.3 is 12.2 Å². The van der Waals surface area contributed by atoms with Gasteiger partial charge in [0.15, 0.2) is 22.7 Å². The van der Waals surface area contributed by atoms with Gasteiger partial charge in [0.2, 0.25) is 0 Å². The maximum Gasteiger partial charge on any atom is 0.412 e. The number of carbonyl (C=O) groups excluding carboxylic acids is 2. The summed E-state index contributed by atoms with van der Waals surface area (Å²) in [5.41, 5.74) is -3.82. The van der Waals surface area contributed by atoms with Crippen LogP contribution < -0.4 is 0 Å². The third kappa shape index (κ3) is 3.91. The van der Waals surface area contributed by atoms with Crippen LogP contribution in [0.1, 0.15) is 38.8 Å². The van der Waals surface area contributed by atoms with Gasteiger partial charge in [-0.3, -0.25) is 9.80 Å². The van der Waals surface area contributed by atoms with Crippen LogP contribution in [0.5, 0.6) is 0 Å². The first-order valence-corrected chi connectivity index (χ1v) is 11.4. The predicted molar refractivity (Wildman–Crippen MR) is 125 cm³/mol. The molecule has 4 rings (SSSR count). The number of benzene rings is 2. The van der Waals surface area contributed by atoms with Gasteiger partial charge in [0.1, 0.15) is 0 Å². The molecule has 2 heterocycles. The highest BCUT2D eigenvalue weighted by Gasteiger charge is 2.61. The van der Waals surface area contributed by atoms with E-state index in [2.05, 4.69) is 0 Å². The molecule has 0 saturated carbocycles. The minimum Gasteiger partial charge on any atom is -0.438 e. The van der Waals surface area contributed by atoms with E-state index in [4.69, 9.17) is 9.47 Å². The normalized spacial score (nSPS) is 33.2. The van der Waals surface area contributed by atoms with Gasteiger partial charge in [-0.1, -0.05) is 60.7 Å². The van der Waals surface area contributed by atoms with Crippen LogP contribution in [0.2, 0.25) is 0 Å². The number of ether oxygens (including phenoxy) is 2. The van der Waals surface area contributed by atoms with Gasteiger partial charge in [0.05, 0.1) is 0 Å². The molecular weight excluding hydrogens is 436 g/mol. The molecule has 2 saturated heterocycles. The first kappa shape index (κ1) is 24.0. The summed E-state index contributed by atoms with van der Waals surface area (Å²) in [6.45, 7) is 6.36. The quantitative estimate of drug-likeness (QED) is 0.647. The lowest BCUT2D eigenvalue weighted by molar-refractivity contribution is -0.148. The fourth-order valence-corrected chi connectivity index (χ4v) is 4.81. The van der Waals surface area contributed by atoms with Gasteiger partial charge in [-0.25, -0.2) is 9.59 Å². The molecule has 182 valence electrons. The molecule has 8 heteroatoms. The largest absolute Gasteiger partial charge is 0.438 e. The monoisotopic (exact) mass is 468 g/mol. The molecule has 34 heavy (non-hydrogen) atoms. The van der Waals surface area contributed by atoms with Crippen LogP contribution in [0.15, 0.2) is 60.7 Å². The van der Waals surface area contributed by atoms with Gasteiger partial charge in [-0.05, 0) is 38.8 Å². The van der Waals surface area contributed by atoms with E-state index in [-0.39, 0.29) is 13.1 Å². The van der Waals surface area contributed by atoms with Crippen molar-refractivity contribution in [1.29, 1.82) is 0 Å². The minimum atomic E-state index is -1.64. The molecule has 0 aliphatic carbocycles. The van der Waals surface area contributed by atoms with E-state index in [1.54, 1.807) is 13.8 Å². The highest BCUT2D eigenvalue weighted by atomic mass is 16.6. The van der Waals surface area contributed by atoms with Gasteiger partial charge in [-0.15, -0.1) is 0 Å². The van der Waals surface area contributed by atoms with Gasteiger partial charge < -0.3 is 19.7 Å². The Bertz CT molecular complexity index is 972. The highest BCUT2D eigenvalue weighted by Crippen LogP contribution is 2.42. The number of rotatable bonds is 7. The lowest BCUT2D eigenvalue weighted by Crippen LogP contribution is -2.60. The number of amides is 2. The highest BCUT2D eigenvalue weighted by molar-refractivity contribution is 5.74. The summed E-state index contributed by atoms with van der Waals surface area (Å²) in [4.78, 5) is 27.9. The molecule has 0 aromatic heterocycles. The van der Waals surface area contributed by atoms with E-state index < -0.39 is 34.8 Å². The number of hydrogen-bond acceptors (Lipinski definition) is 6. The van der Waals surface area contributed by atoms with Crippen molar-refractivity contribution >= 4 is 12.2 Å². The number of nitrogens with zero attached hydrogens (tertiary/aromatic N) is 2. The Kier molecular flexibility index (Phi) is 5.86. The summed E-state index contributed by atoms with van der Waals surface area (Å²) >= 11 is 0. The maximum atomic E-state index is 12.8. The number of hydrogen-bond donors (Lipinski definition) is 2. The smallest absolute Gasteiger partial charge is 0.412 e. The van der Waals surface area contributed by atoms with Crippen molar-refractivity contribution in [3.63, 3.8) is 0 Å². The zero-order chi connectivity index (χ0) is 24.8. The van der Waals surface area contributed by atoms with E-state index in [0.29, 0.717) is 12.8 Å². The molecule has 2 fully saturated rings. The Balaban J connectivity index is 1.49. The molecule has 4 atom stereocenters. The Morgan fingerprint density at radius 3 is 1.29 bits per heavy atom. The summed E-state index contributed by atoms with van der Waals surface area (Å²) in [6.07, 6.45) is -0.714. The molecule has 0 unspecified atom stereocenters. The van der Waals surface area contributed by atoms with E-state index in [9.17, 15) is 19.8 Å². The van der Waals surface area contributed by atoms with Crippen LogP contribution in [0.4, 0.5) is 9.59 Å². The van der Waals surface area contributed by atoms with Crippen molar-refractivity contribution in [1.82, 2.24) is 9.80 Å². The minimum absolute atomic E-state index is 0.0388. The first-order chi connectivity index (χ1) is 15.9. The standard InChI is InChI=1S/C26H32N2O6/c1-23(17-19-11-7-5-8-12-19)25(3,31)27(21(29)33-23)15-16-28-22(30)34-24(2,26(28,4)32)18-20-13-9-6-10-14-20/h5-14,31-32H,15-18H2,1-4H3/t23-,24+,25-,26+. The molecule has 0 radical (unpaired) electrons. The third-order valence-electron chi connectivity index (χ3n) is 7.44. The SMILES string of the molecule is C[C@]1(Cc2ccccc2)OC(=O)N(CCN2C(=O)O[C@@](C)(Cc3ccccc3)[C@]2(C)O)[C@]1(C)O. The van der Waals surface area contributed by atoms with Gasteiger partial charge in [-0.2, -0.15) is 0 Å². The first-order valence-electron chi connectivity index (χ1n) is 11.4. The lowest BCUT2D eigenvalue weighted by Gasteiger charge is -2.40. The van der Waals surface area contributed by atoms with Crippen molar-refractivity contribution < 1.29 is 29.3 Å². The van der Waals surface area contributed by atoms with Crippen molar-refractivity contribution in [2.24, 2.45) is 0 Å². The molecule has 2 aliphatic heterocycles. The van der Waals surface area contributed by atoms with Crippen molar-refractivity contribution in [2.75, 3.05) is 13.1 Å². The van der Waals surface area contributed by atoms with Crippen molar-refractivity contribution in [3.05, 3.63) is 71.8 Å². The van der Waals surface area contributed by atoms with Crippen LogP contribution in [-0.4, -0.2) is 67.9 Å². The molecule has 0 spiro atoms. The summed E-state index contributed by atoms with van der Waals surface area (Å²) in [5, 5.41) is 22.7. The second kappa shape index (κ2) is 8.29. The molecule has 0 bridgehead atoms. The summed E-state index contributed by atoms with van der Waals surface area (Å²) in [7, 11) is 0. The van der Waals surface area contributed by atoms with Crippen LogP contribution in [0, 0.1) is 0 Å². The zero-order valence-corrected chi connectivity index (χ0v) is 20.0. The van der Waals surface area contributed by atoms with Crippen LogP contribution in [0.25, 0.3) is 0 Å². The molecular formula is C26H32N2O6. The summed E-state index contributed by atoms with van der Waals surface area (Å²) in [6, 6.07) is 18.9. The summed E-state index contributed by atoms with van der Waals surface area (Å²) < 4.78 is 11.3. The second-order valence-electron chi connectivity index (χ2n) is 9.87. The van der Waals surface area contributed by atoms with Crippen LogP contribution in [0.3, 0.4) is 0 Å². The topological polar surface area (TPSA) is 99.5 Å². The predicted octanol–water partition coefficient (Wildman–Crippen LogP) is 3.31. The van der Waals surface area contributed by atoms with E-state index >= 15 is 0 Å². The number of aliphatic hydroxyl groups is 2. The second-order valence-corrected chi connectivity index (χ2v) is 9.87. The fourth-order valence-electron chi connectivity index (χ4n) is 4.81. The van der Waals surface area contributed by atoms with E-state index in [1.165, 1.54) is 23.6 Å². The van der Waals surface area contributed by atoms with Gasteiger partial charge in [0.25, 0.3) is 0 Å². The van der Waals surface area contributed by atoms with Crippen LogP contribution in [-0.2, 0) is 22.3 Å². The van der Waals surface area contributed by atoms with Gasteiger partial charge in [0, 0.05) is 25.9 Å². The van der Waals surface area contributed by atoms with Crippen molar-refractivity contribution in [3.8, 4) is 0 Å². The average molecular weight is 469 g/mol. The number of carbonyl (C=O) groups is 2.